The van der Waals surface area contributed by atoms with Gasteiger partial charge in [0.25, 0.3) is 0 Å². The lowest BCUT2D eigenvalue weighted by Crippen LogP contribution is -2.60. The molecule has 4 rings (SSSR count). The van der Waals surface area contributed by atoms with Crippen molar-refractivity contribution in [2.24, 2.45) is 16.7 Å². The first kappa shape index (κ1) is 15.6. The molecule has 2 aliphatic heterocycles. The van der Waals surface area contributed by atoms with Crippen molar-refractivity contribution in [3.63, 3.8) is 0 Å². The largest absolute Gasteiger partial charge is 0.447 e. The Hall–Kier alpha value is -2.95. The van der Waals surface area contributed by atoms with Crippen molar-refractivity contribution in [1.82, 2.24) is 4.98 Å². The second-order valence-electron chi connectivity index (χ2n) is 6.75. The van der Waals surface area contributed by atoms with Gasteiger partial charge in [-0.05, 0) is 25.0 Å². The molecule has 3 heterocycles. The van der Waals surface area contributed by atoms with Crippen molar-refractivity contribution in [2.75, 3.05) is 0 Å². The molecule has 0 radical (unpaired) electrons. The summed E-state index contributed by atoms with van der Waals surface area (Å²) in [6.07, 6.45) is 3.29. The lowest BCUT2D eigenvalue weighted by atomic mass is 9.52. The van der Waals surface area contributed by atoms with Crippen molar-refractivity contribution < 1.29 is 9.47 Å². The van der Waals surface area contributed by atoms with Crippen LogP contribution in [0.5, 0.6) is 0 Å². The Bertz CT molecular complexity index is 850. The fraction of sp³-hybridized carbons (Fsp3) is 0.500. The number of aromatic nitrogens is 1. The number of hydrogen-bond acceptors (Lipinski definition) is 7. The summed E-state index contributed by atoms with van der Waals surface area (Å²) < 4.78 is 12.0. The molecule has 7 heteroatoms. The molecule has 2 saturated heterocycles. The van der Waals surface area contributed by atoms with E-state index in [1.807, 2.05) is 12.1 Å². The highest BCUT2D eigenvalue weighted by Gasteiger charge is 2.80. The van der Waals surface area contributed by atoms with E-state index in [4.69, 9.17) is 14.9 Å². The molecule has 0 aromatic carbocycles. The second kappa shape index (κ2) is 5.02. The van der Waals surface area contributed by atoms with Crippen LogP contribution in [0.3, 0.4) is 0 Å². The average molecular weight is 333 g/mol. The zero-order valence-corrected chi connectivity index (χ0v) is 13.4. The molecule has 4 atom stereocenters. The number of nitrogens with one attached hydrogen (secondary N) is 1. The summed E-state index contributed by atoms with van der Waals surface area (Å²) >= 11 is 0. The van der Waals surface area contributed by atoms with Gasteiger partial charge < -0.3 is 9.47 Å². The van der Waals surface area contributed by atoms with Crippen molar-refractivity contribution in [2.45, 2.75) is 37.6 Å². The van der Waals surface area contributed by atoms with Gasteiger partial charge in [0.2, 0.25) is 17.1 Å². The smallest absolute Gasteiger partial charge is 0.217 e. The topological polar surface area (TPSA) is 127 Å². The zero-order valence-electron chi connectivity index (χ0n) is 13.4. The van der Waals surface area contributed by atoms with E-state index in [-0.39, 0.29) is 5.90 Å². The number of rotatable bonds is 1. The van der Waals surface area contributed by atoms with Gasteiger partial charge in [0.1, 0.15) is 6.10 Å². The first-order valence-corrected chi connectivity index (χ1v) is 8.21. The SMILES string of the molecule is N#CC1(C#N)C(c2ccccn2)OC23CCCCC2C1(C#N)C(=N)O3. The zero-order chi connectivity index (χ0) is 17.7. The Kier molecular flexibility index (Phi) is 3.13. The van der Waals surface area contributed by atoms with Crippen molar-refractivity contribution >= 4 is 5.90 Å². The number of ether oxygens (including phenoxy) is 2. The maximum Gasteiger partial charge on any atom is 0.217 e. The van der Waals surface area contributed by atoms with Crippen LogP contribution in [-0.2, 0) is 9.47 Å². The van der Waals surface area contributed by atoms with E-state index < -0.39 is 28.6 Å². The first-order chi connectivity index (χ1) is 12.1. The van der Waals surface area contributed by atoms with Crippen molar-refractivity contribution in [1.29, 1.82) is 21.2 Å². The lowest BCUT2D eigenvalue weighted by Gasteiger charge is -2.51. The highest BCUT2D eigenvalue weighted by Crippen LogP contribution is 2.69. The summed E-state index contributed by atoms with van der Waals surface area (Å²) in [5, 5.41) is 38.5. The molecular formula is C18H15N5O2. The third-order valence-electron chi connectivity index (χ3n) is 5.77. The lowest BCUT2D eigenvalue weighted by molar-refractivity contribution is -0.295. The Morgan fingerprint density at radius 2 is 1.96 bits per heavy atom. The van der Waals surface area contributed by atoms with Crippen LogP contribution < -0.4 is 0 Å². The van der Waals surface area contributed by atoms with Gasteiger partial charge in [0.05, 0.1) is 29.8 Å². The molecule has 7 nitrogen and oxygen atoms in total. The molecule has 2 bridgehead atoms. The van der Waals surface area contributed by atoms with Gasteiger partial charge in [-0.2, -0.15) is 15.8 Å². The number of pyridine rings is 1. The van der Waals surface area contributed by atoms with Gasteiger partial charge in [-0.25, -0.2) is 0 Å². The van der Waals surface area contributed by atoms with Crippen LogP contribution in [0.4, 0.5) is 0 Å². The average Bonchev–Trinajstić information content (AvgIpc) is 2.87. The predicted molar refractivity (Wildman–Crippen MR) is 83.3 cm³/mol. The van der Waals surface area contributed by atoms with E-state index in [0.29, 0.717) is 18.5 Å². The molecule has 3 fully saturated rings. The summed E-state index contributed by atoms with van der Waals surface area (Å²) in [5.41, 5.74) is -3.15. The molecule has 1 N–H and O–H groups in total. The fourth-order valence-electron chi connectivity index (χ4n) is 4.66. The van der Waals surface area contributed by atoms with Crippen molar-refractivity contribution in [3.8, 4) is 18.2 Å². The molecule has 25 heavy (non-hydrogen) atoms. The normalized spacial score (nSPS) is 37.7. The third kappa shape index (κ3) is 1.60. The predicted octanol–water partition coefficient (Wildman–Crippen LogP) is 2.59. The molecule has 0 amide bonds. The summed E-state index contributed by atoms with van der Waals surface area (Å²) in [7, 11) is 0. The summed E-state index contributed by atoms with van der Waals surface area (Å²) in [5.74, 6) is -1.97. The third-order valence-corrected chi connectivity index (χ3v) is 5.77. The monoisotopic (exact) mass is 333 g/mol. The van der Waals surface area contributed by atoms with Gasteiger partial charge >= 0.3 is 0 Å². The van der Waals surface area contributed by atoms with E-state index in [9.17, 15) is 15.8 Å². The summed E-state index contributed by atoms with van der Waals surface area (Å²) in [4.78, 5) is 4.25. The van der Waals surface area contributed by atoms with Gasteiger partial charge in [0.15, 0.2) is 5.41 Å². The number of nitrogens with zero attached hydrogens (tertiary/aromatic N) is 4. The van der Waals surface area contributed by atoms with Crippen LogP contribution in [0.25, 0.3) is 0 Å². The summed E-state index contributed by atoms with van der Waals surface area (Å²) in [6.45, 7) is 0. The van der Waals surface area contributed by atoms with E-state index in [1.165, 1.54) is 0 Å². The second-order valence-corrected chi connectivity index (χ2v) is 6.75. The van der Waals surface area contributed by atoms with Crippen LogP contribution in [-0.4, -0.2) is 16.7 Å². The van der Waals surface area contributed by atoms with E-state index in [0.717, 1.165) is 12.8 Å². The standard InChI is InChI=1S/C18H15N5O2/c19-9-16(10-20)14(12-5-2-4-8-23-12)24-18-7-3-1-6-13(18)17(16,11-21)15(22)25-18/h2,4-5,8,13-14,22H,1,3,6-7H2. The molecular weight excluding hydrogens is 318 g/mol. The molecule has 4 unspecified atom stereocenters. The van der Waals surface area contributed by atoms with Crippen LogP contribution in [0.2, 0.25) is 0 Å². The molecule has 0 spiro atoms. The molecule has 124 valence electrons. The van der Waals surface area contributed by atoms with E-state index in [1.54, 1.807) is 24.4 Å². The maximum absolute atomic E-state index is 10.1. The first-order valence-electron chi connectivity index (χ1n) is 8.21. The fourth-order valence-corrected chi connectivity index (χ4v) is 4.66. The van der Waals surface area contributed by atoms with Gasteiger partial charge in [0, 0.05) is 12.6 Å². The maximum atomic E-state index is 10.1. The number of nitriles is 3. The van der Waals surface area contributed by atoms with Crippen LogP contribution in [0, 0.1) is 56.2 Å². The minimum atomic E-state index is -1.89. The molecule has 3 aliphatic rings. The minimum absolute atomic E-state index is 0.330. The van der Waals surface area contributed by atoms with E-state index in [2.05, 4.69) is 11.1 Å². The molecule has 1 aromatic rings. The molecule has 1 aromatic heterocycles. The van der Waals surface area contributed by atoms with Gasteiger partial charge in [-0.1, -0.05) is 12.5 Å². The Balaban J connectivity index is 2.01. The van der Waals surface area contributed by atoms with Crippen LogP contribution >= 0.6 is 0 Å². The van der Waals surface area contributed by atoms with Gasteiger partial charge in [-0.15, -0.1) is 0 Å². The van der Waals surface area contributed by atoms with Crippen molar-refractivity contribution in [3.05, 3.63) is 30.1 Å². The Morgan fingerprint density at radius 1 is 1.16 bits per heavy atom. The van der Waals surface area contributed by atoms with Crippen LogP contribution in [0.1, 0.15) is 37.5 Å². The molecule has 1 aliphatic carbocycles. The molecule has 1 saturated carbocycles. The summed E-state index contributed by atoms with van der Waals surface area (Å²) in [6, 6.07) is 11.3. The van der Waals surface area contributed by atoms with Gasteiger partial charge in [-0.3, -0.25) is 10.4 Å². The number of hydrogen-bond donors (Lipinski definition) is 1. The van der Waals surface area contributed by atoms with Crippen LogP contribution in [0.15, 0.2) is 24.4 Å². The Morgan fingerprint density at radius 3 is 2.60 bits per heavy atom. The minimum Gasteiger partial charge on any atom is -0.447 e. The highest BCUT2D eigenvalue weighted by molar-refractivity contribution is 5.89. The quantitative estimate of drug-likeness (QED) is 0.841. The van der Waals surface area contributed by atoms with E-state index >= 15 is 0 Å². The Labute approximate surface area is 144 Å². The highest BCUT2D eigenvalue weighted by atomic mass is 16.7.